The van der Waals surface area contributed by atoms with Crippen molar-refractivity contribution in [1.82, 2.24) is 4.90 Å². The summed E-state index contributed by atoms with van der Waals surface area (Å²) in [6.07, 6.45) is 7.17. The van der Waals surface area contributed by atoms with E-state index in [4.69, 9.17) is 9.47 Å². The molecule has 0 atom stereocenters. The molecule has 0 fully saturated rings. The first kappa shape index (κ1) is 13.7. The lowest BCUT2D eigenvalue weighted by molar-refractivity contribution is 0.150. The molecule has 3 heteroatoms. The Bertz CT molecular complexity index is 204. The lowest BCUT2D eigenvalue weighted by Crippen LogP contribution is -2.28. The lowest BCUT2D eigenvalue weighted by Gasteiger charge is -2.19. The number of hydrogen-bond acceptors (Lipinski definition) is 3. The fourth-order valence-corrected chi connectivity index (χ4v) is 2.08. The van der Waals surface area contributed by atoms with Crippen LogP contribution in [0.25, 0.3) is 0 Å². The molecule has 0 saturated heterocycles. The normalized spacial score (nSPS) is 18.2. The van der Waals surface area contributed by atoms with Crippen molar-refractivity contribution in [3.8, 4) is 0 Å². The molecule has 1 rings (SSSR count). The van der Waals surface area contributed by atoms with Gasteiger partial charge in [-0.3, -0.25) is 0 Å². The third-order valence-corrected chi connectivity index (χ3v) is 3.09. The largest absolute Gasteiger partial charge is 0.385 e. The van der Waals surface area contributed by atoms with Crippen molar-refractivity contribution in [2.45, 2.75) is 25.7 Å². The van der Waals surface area contributed by atoms with E-state index in [1.54, 1.807) is 19.8 Å². The maximum Gasteiger partial charge on any atom is 0.0589 e. The highest BCUT2D eigenvalue weighted by Crippen LogP contribution is 2.15. The zero-order chi connectivity index (χ0) is 11.6. The molecule has 1 heterocycles. The first-order valence-corrected chi connectivity index (χ1v) is 6.25. The van der Waals surface area contributed by atoms with E-state index in [-0.39, 0.29) is 0 Å². The van der Waals surface area contributed by atoms with E-state index in [1.165, 1.54) is 32.4 Å². The van der Waals surface area contributed by atoms with Gasteiger partial charge in [-0.2, -0.15) is 0 Å². The van der Waals surface area contributed by atoms with Crippen LogP contribution in [-0.2, 0) is 9.47 Å². The van der Waals surface area contributed by atoms with Gasteiger partial charge in [0.15, 0.2) is 0 Å². The van der Waals surface area contributed by atoms with Crippen LogP contribution in [-0.4, -0.2) is 52.0 Å². The molecule has 94 valence electrons. The van der Waals surface area contributed by atoms with E-state index in [9.17, 15) is 0 Å². The topological polar surface area (TPSA) is 21.7 Å². The number of hydrogen-bond donors (Lipinski definition) is 0. The molecular formula is C13H25NO2. The molecule has 1 aliphatic heterocycles. The van der Waals surface area contributed by atoms with Crippen molar-refractivity contribution in [2.75, 3.05) is 47.1 Å². The van der Waals surface area contributed by atoms with Crippen molar-refractivity contribution >= 4 is 0 Å². The van der Waals surface area contributed by atoms with Crippen LogP contribution in [0.2, 0.25) is 0 Å². The quantitative estimate of drug-likeness (QED) is 0.491. The zero-order valence-corrected chi connectivity index (χ0v) is 10.7. The molecule has 0 spiro atoms. The van der Waals surface area contributed by atoms with Crippen LogP contribution >= 0.6 is 0 Å². The summed E-state index contributed by atoms with van der Waals surface area (Å²) in [6, 6.07) is 0. The maximum atomic E-state index is 5.12. The molecule has 0 aliphatic carbocycles. The predicted molar refractivity (Wildman–Crippen MR) is 66.7 cm³/mol. The Morgan fingerprint density at radius 1 is 1.19 bits per heavy atom. The molecule has 0 saturated carbocycles. The van der Waals surface area contributed by atoms with Gasteiger partial charge < -0.3 is 14.4 Å². The summed E-state index contributed by atoms with van der Waals surface area (Å²) < 4.78 is 10.2. The second-order valence-corrected chi connectivity index (χ2v) is 4.33. The highest BCUT2D eigenvalue weighted by molar-refractivity contribution is 5.04. The van der Waals surface area contributed by atoms with Crippen LogP contribution < -0.4 is 0 Å². The Labute approximate surface area is 99.4 Å². The SMILES string of the molecule is COCCCC1=CCCN(CCOC)CC1. The summed E-state index contributed by atoms with van der Waals surface area (Å²) in [4.78, 5) is 2.49. The maximum absolute atomic E-state index is 5.12. The van der Waals surface area contributed by atoms with Crippen LogP contribution in [0.5, 0.6) is 0 Å². The van der Waals surface area contributed by atoms with Crippen LogP contribution in [0.3, 0.4) is 0 Å². The molecule has 0 bridgehead atoms. The van der Waals surface area contributed by atoms with E-state index in [0.717, 1.165) is 26.2 Å². The number of ether oxygens (including phenoxy) is 2. The number of rotatable bonds is 7. The van der Waals surface area contributed by atoms with Crippen LogP contribution in [0.15, 0.2) is 11.6 Å². The molecule has 0 amide bonds. The van der Waals surface area contributed by atoms with Gasteiger partial charge in [-0.15, -0.1) is 0 Å². The summed E-state index contributed by atoms with van der Waals surface area (Å²) in [5.74, 6) is 0. The molecule has 0 aromatic carbocycles. The Hall–Kier alpha value is -0.380. The Balaban J connectivity index is 2.18. The lowest BCUT2D eigenvalue weighted by atomic mass is 10.1. The third kappa shape index (κ3) is 5.64. The molecule has 0 radical (unpaired) electrons. The Kier molecular flexibility index (Phi) is 7.47. The second kappa shape index (κ2) is 8.74. The van der Waals surface area contributed by atoms with E-state index in [1.807, 2.05) is 0 Å². The van der Waals surface area contributed by atoms with Crippen LogP contribution in [0.4, 0.5) is 0 Å². The zero-order valence-electron chi connectivity index (χ0n) is 10.7. The van der Waals surface area contributed by atoms with Gasteiger partial charge in [-0.05, 0) is 25.7 Å². The predicted octanol–water partition coefficient (Wildman–Crippen LogP) is 2.08. The molecule has 0 aromatic heterocycles. The standard InChI is InChI=1S/C13H25NO2/c1-15-11-4-6-13-5-3-8-14(9-7-13)10-12-16-2/h5H,3-4,6-12H2,1-2H3. The average Bonchev–Trinajstić information content (AvgIpc) is 2.52. The van der Waals surface area contributed by atoms with Gasteiger partial charge in [-0.1, -0.05) is 11.6 Å². The summed E-state index contributed by atoms with van der Waals surface area (Å²) in [6.45, 7) is 5.15. The van der Waals surface area contributed by atoms with Crippen LogP contribution in [0.1, 0.15) is 25.7 Å². The molecule has 1 aliphatic rings. The smallest absolute Gasteiger partial charge is 0.0589 e. The van der Waals surface area contributed by atoms with Gasteiger partial charge in [0.1, 0.15) is 0 Å². The van der Waals surface area contributed by atoms with Gasteiger partial charge in [-0.25, -0.2) is 0 Å². The second-order valence-electron chi connectivity index (χ2n) is 4.33. The van der Waals surface area contributed by atoms with E-state index >= 15 is 0 Å². The van der Waals surface area contributed by atoms with Gasteiger partial charge in [0.25, 0.3) is 0 Å². The van der Waals surface area contributed by atoms with Crippen molar-refractivity contribution in [3.05, 3.63) is 11.6 Å². The van der Waals surface area contributed by atoms with Crippen molar-refractivity contribution in [2.24, 2.45) is 0 Å². The van der Waals surface area contributed by atoms with E-state index in [2.05, 4.69) is 11.0 Å². The molecule has 0 unspecified atom stereocenters. The Morgan fingerprint density at radius 3 is 2.75 bits per heavy atom. The Morgan fingerprint density at radius 2 is 2.00 bits per heavy atom. The summed E-state index contributed by atoms with van der Waals surface area (Å²) in [7, 11) is 3.54. The molecule has 0 aromatic rings. The van der Waals surface area contributed by atoms with Crippen molar-refractivity contribution < 1.29 is 9.47 Å². The first-order valence-electron chi connectivity index (χ1n) is 6.25. The summed E-state index contributed by atoms with van der Waals surface area (Å²) in [5, 5.41) is 0. The fraction of sp³-hybridized carbons (Fsp3) is 0.846. The van der Waals surface area contributed by atoms with Gasteiger partial charge >= 0.3 is 0 Å². The average molecular weight is 227 g/mol. The monoisotopic (exact) mass is 227 g/mol. The minimum absolute atomic E-state index is 0.846. The van der Waals surface area contributed by atoms with Gasteiger partial charge in [0.2, 0.25) is 0 Å². The third-order valence-electron chi connectivity index (χ3n) is 3.09. The molecule has 0 N–H and O–H groups in total. The number of nitrogens with zero attached hydrogens (tertiary/aromatic N) is 1. The molecule has 16 heavy (non-hydrogen) atoms. The summed E-state index contributed by atoms with van der Waals surface area (Å²) >= 11 is 0. The van der Waals surface area contributed by atoms with Gasteiger partial charge in [0, 0.05) is 40.5 Å². The minimum Gasteiger partial charge on any atom is -0.385 e. The fourth-order valence-electron chi connectivity index (χ4n) is 2.08. The summed E-state index contributed by atoms with van der Waals surface area (Å²) in [5.41, 5.74) is 1.61. The van der Waals surface area contributed by atoms with Crippen LogP contribution in [0, 0.1) is 0 Å². The minimum atomic E-state index is 0.846. The van der Waals surface area contributed by atoms with E-state index in [0.29, 0.717) is 0 Å². The molecular weight excluding hydrogens is 202 g/mol. The molecule has 3 nitrogen and oxygen atoms in total. The van der Waals surface area contributed by atoms with E-state index < -0.39 is 0 Å². The highest BCUT2D eigenvalue weighted by Gasteiger charge is 2.09. The van der Waals surface area contributed by atoms with Gasteiger partial charge in [0.05, 0.1) is 6.61 Å². The highest BCUT2D eigenvalue weighted by atomic mass is 16.5. The van der Waals surface area contributed by atoms with Crippen molar-refractivity contribution in [1.29, 1.82) is 0 Å². The number of methoxy groups -OCH3 is 2. The van der Waals surface area contributed by atoms with Crippen molar-refractivity contribution in [3.63, 3.8) is 0 Å². The first-order chi connectivity index (χ1) is 7.86.